The smallest absolute Gasteiger partial charge is 0.264 e. The molecule has 1 aliphatic heterocycles. The Kier molecular flexibility index (Phi) is 7.03. The van der Waals surface area contributed by atoms with Gasteiger partial charge in [0, 0.05) is 0 Å². The molecule has 0 bridgehead atoms. The van der Waals surface area contributed by atoms with Crippen LogP contribution >= 0.6 is 0 Å². The molecule has 1 atom stereocenters. The highest BCUT2D eigenvalue weighted by Crippen LogP contribution is 2.37. The Morgan fingerprint density at radius 2 is 1.63 bits per heavy atom. The molecule has 0 aromatic heterocycles. The van der Waals surface area contributed by atoms with Gasteiger partial charge >= 0.3 is 0 Å². The number of ether oxygens (including phenoxy) is 2. The van der Waals surface area contributed by atoms with E-state index >= 15 is 0 Å². The lowest BCUT2D eigenvalue weighted by Crippen LogP contribution is -2.51. The molecule has 0 saturated carbocycles. The first kappa shape index (κ1) is 24.6. The van der Waals surface area contributed by atoms with E-state index in [0.717, 1.165) is 28.0 Å². The second-order valence-electron chi connectivity index (χ2n) is 8.84. The summed E-state index contributed by atoms with van der Waals surface area (Å²) in [5.74, 6) is 0.725. The van der Waals surface area contributed by atoms with Crippen LogP contribution in [0.4, 0.5) is 5.69 Å². The predicted molar refractivity (Wildman–Crippen MR) is 136 cm³/mol. The van der Waals surface area contributed by atoms with Crippen LogP contribution in [0.5, 0.6) is 11.5 Å². The summed E-state index contributed by atoms with van der Waals surface area (Å²) in [5, 5.41) is 2.81. The van der Waals surface area contributed by atoms with Gasteiger partial charge in [-0.25, -0.2) is 8.42 Å². The number of anilines is 1. The number of hydrogen-bond acceptors (Lipinski definition) is 5. The molecular formula is C27H30N2O5S. The van der Waals surface area contributed by atoms with Gasteiger partial charge in [0.25, 0.3) is 15.9 Å². The molecule has 0 spiro atoms. The van der Waals surface area contributed by atoms with Gasteiger partial charge in [0.05, 0.1) is 23.7 Å². The molecule has 1 amide bonds. The van der Waals surface area contributed by atoms with Gasteiger partial charge in [-0.15, -0.1) is 0 Å². The summed E-state index contributed by atoms with van der Waals surface area (Å²) in [7, 11) is -3.89. The number of fused-ring (bicyclic) bond motifs is 1. The Morgan fingerprint density at radius 3 is 2.34 bits per heavy atom. The van der Waals surface area contributed by atoms with Crippen molar-refractivity contribution in [3.8, 4) is 11.5 Å². The minimum Gasteiger partial charge on any atom is -0.491 e. The average molecular weight is 495 g/mol. The van der Waals surface area contributed by atoms with E-state index in [9.17, 15) is 13.2 Å². The van der Waals surface area contributed by atoms with Crippen LogP contribution in [-0.4, -0.2) is 40.1 Å². The first-order chi connectivity index (χ1) is 16.6. The quantitative estimate of drug-likeness (QED) is 0.501. The number of rotatable bonds is 7. The van der Waals surface area contributed by atoms with Crippen molar-refractivity contribution in [2.24, 2.45) is 0 Å². The van der Waals surface area contributed by atoms with Crippen molar-refractivity contribution >= 4 is 21.6 Å². The van der Waals surface area contributed by atoms with Crippen LogP contribution in [0.25, 0.3) is 0 Å². The molecule has 1 N–H and O–H groups in total. The fourth-order valence-electron chi connectivity index (χ4n) is 3.97. The lowest BCUT2D eigenvalue weighted by molar-refractivity contribution is -0.127. The number of sulfonamides is 1. The molecule has 8 heteroatoms. The van der Waals surface area contributed by atoms with Gasteiger partial charge in [-0.2, -0.15) is 0 Å². The highest BCUT2D eigenvalue weighted by Gasteiger charge is 2.37. The zero-order valence-corrected chi connectivity index (χ0v) is 21.2. The van der Waals surface area contributed by atoms with Gasteiger partial charge in [-0.05, 0) is 69.2 Å². The fraction of sp³-hybridized carbons (Fsp3) is 0.296. The molecule has 35 heavy (non-hydrogen) atoms. The number of carbonyl (C=O) groups is 1. The van der Waals surface area contributed by atoms with E-state index in [2.05, 4.69) is 5.32 Å². The van der Waals surface area contributed by atoms with Crippen molar-refractivity contribution in [3.63, 3.8) is 0 Å². The van der Waals surface area contributed by atoms with Crippen LogP contribution in [0.1, 0.15) is 22.3 Å². The third-order valence-corrected chi connectivity index (χ3v) is 7.67. The second-order valence-corrected chi connectivity index (χ2v) is 10.7. The molecule has 0 unspecified atom stereocenters. The van der Waals surface area contributed by atoms with E-state index in [1.54, 1.807) is 36.4 Å². The maximum atomic E-state index is 13.5. The van der Waals surface area contributed by atoms with Crippen molar-refractivity contribution < 1.29 is 22.7 Å². The summed E-state index contributed by atoms with van der Waals surface area (Å²) in [6, 6.07) is 17.9. The van der Waals surface area contributed by atoms with E-state index in [-0.39, 0.29) is 24.6 Å². The number of nitrogens with one attached hydrogen (secondary N) is 1. The molecule has 1 heterocycles. The monoisotopic (exact) mass is 494 g/mol. The van der Waals surface area contributed by atoms with Crippen LogP contribution in [0.2, 0.25) is 0 Å². The Balaban J connectivity index is 1.48. The van der Waals surface area contributed by atoms with Crippen molar-refractivity contribution in [1.82, 2.24) is 5.32 Å². The summed E-state index contributed by atoms with van der Waals surface area (Å²) in [4.78, 5) is 13.1. The Labute approximate surface area is 206 Å². The number of aryl methyl sites for hydroxylation is 4. The van der Waals surface area contributed by atoms with Gasteiger partial charge in [-0.1, -0.05) is 41.5 Å². The van der Waals surface area contributed by atoms with Crippen molar-refractivity contribution in [2.45, 2.75) is 38.7 Å². The third kappa shape index (κ3) is 5.43. The number of carbonyl (C=O) groups excluding carboxylic acids is 1. The normalized spacial score (nSPS) is 15.2. The number of benzene rings is 3. The molecule has 1 aliphatic rings. The average Bonchev–Trinajstić information content (AvgIpc) is 2.82. The topological polar surface area (TPSA) is 84.9 Å². The summed E-state index contributed by atoms with van der Waals surface area (Å²) < 4.78 is 40.0. The standard InChI is InChI=1S/C27H30N2O5S/c1-18-5-9-22(10-6-18)35(31,32)29-17-26(34-25-16-20(3)7-11-23(25)29)27(30)28-13-14-33-24-12-8-19(2)15-21(24)4/h5-12,15-16,26H,13-14,17H2,1-4H3,(H,28,30)/t26-/m1/s1. The van der Waals surface area contributed by atoms with Crippen molar-refractivity contribution in [2.75, 3.05) is 24.0 Å². The van der Waals surface area contributed by atoms with Crippen LogP contribution in [-0.2, 0) is 14.8 Å². The summed E-state index contributed by atoms with van der Waals surface area (Å²) >= 11 is 0. The number of nitrogens with zero attached hydrogens (tertiary/aromatic N) is 1. The molecule has 184 valence electrons. The molecule has 3 aromatic carbocycles. The van der Waals surface area contributed by atoms with E-state index < -0.39 is 22.0 Å². The highest BCUT2D eigenvalue weighted by atomic mass is 32.2. The van der Waals surface area contributed by atoms with Crippen LogP contribution in [0.3, 0.4) is 0 Å². The molecule has 0 fully saturated rings. The van der Waals surface area contributed by atoms with E-state index in [1.165, 1.54) is 4.31 Å². The Morgan fingerprint density at radius 1 is 0.971 bits per heavy atom. The van der Waals surface area contributed by atoms with Gasteiger partial charge in [0.15, 0.2) is 6.10 Å². The van der Waals surface area contributed by atoms with E-state index in [1.807, 2.05) is 52.0 Å². The maximum Gasteiger partial charge on any atom is 0.264 e. The fourth-order valence-corrected chi connectivity index (χ4v) is 5.45. The molecule has 4 rings (SSSR count). The maximum absolute atomic E-state index is 13.5. The van der Waals surface area contributed by atoms with Crippen LogP contribution < -0.4 is 19.1 Å². The molecular weight excluding hydrogens is 464 g/mol. The third-order valence-electron chi connectivity index (χ3n) is 5.88. The van der Waals surface area contributed by atoms with Gasteiger partial charge in [-0.3, -0.25) is 9.10 Å². The molecule has 0 radical (unpaired) electrons. The minimum atomic E-state index is -3.89. The molecule has 0 saturated heterocycles. The molecule has 7 nitrogen and oxygen atoms in total. The highest BCUT2D eigenvalue weighted by molar-refractivity contribution is 7.92. The summed E-state index contributed by atoms with van der Waals surface area (Å²) in [6.45, 7) is 8.18. The van der Waals surface area contributed by atoms with Crippen LogP contribution in [0, 0.1) is 27.7 Å². The summed E-state index contributed by atoms with van der Waals surface area (Å²) in [5.41, 5.74) is 4.45. The van der Waals surface area contributed by atoms with Gasteiger partial charge < -0.3 is 14.8 Å². The number of hydrogen-bond donors (Lipinski definition) is 1. The zero-order chi connectivity index (χ0) is 25.2. The Bertz CT molecular complexity index is 1340. The summed E-state index contributed by atoms with van der Waals surface area (Å²) in [6.07, 6.45) is -0.995. The first-order valence-corrected chi connectivity index (χ1v) is 12.9. The molecule has 0 aliphatic carbocycles. The lowest BCUT2D eigenvalue weighted by atomic mass is 10.1. The first-order valence-electron chi connectivity index (χ1n) is 11.5. The predicted octanol–water partition coefficient (Wildman–Crippen LogP) is 4.07. The Hall–Kier alpha value is -3.52. The minimum absolute atomic E-state index is 0.129. The van der Waals surface area contributed by atoms with E-state index in [4.69, 9.17) is 9.47 Å². The number of amides is 1. The molecule has 3 aromatic rings. The van der Waals surface area contributed by atoms with Crippen molar-refractivity contribution in [1.29, 1.82) is 0 Å². The van der Waals surface area contributed by atoms with Crippen LogP contribution in [0.15, 0.2) is 65.6 Å². The SMILES string of the molecule is Cc1ccc(S(=O)(=O)N2C[C@H](C(=O)NCCOc3ccc(C)cc3C)Oc3cc(C)ccc32)cc1. The van der Waals surface area contributed by atoms with E-state index in [0.29, 0.717) is 11.4 Å². The largest absolute Gasteiger partial charge is 0.491 e. The second kappa shape index (κ2) is 10.00. The zero-order valence-electron chi connectivity index (χ0n) is 20.4. The van der Waals surface area contributed by atoms with Crippen molar-refractivity contribution in [3.05, 3.63) is 82.9 Å². The van der Waals surface area contributed by atoms with Gasteiger partial charge in [0.2, 0.25) is 0 Å². The van der Waals surface area contributed by atoms with Gasteiger partial charge in [0.1, 0.15) is 18.1 Å². The lowest BCUT2D eigenvalue weighted by Gasteiger charge is -2.35.